The summed E-state index contributed by atoms with van der Waals surface area (Å²) in [6, 6.07) is 8.35. The van der Waals surface area contributed by atoms with Gasteiger partial charge in [0, 0.05) is 6.61 Å². The van der Waals surface area contributed by atoms with Crippen molar-refractivity contribution in [3.63, 3.8) is 0 Å². The normalized spacial score (nSPS) is 10.0. The molecular formula is C12H16O. The van der Waals surface area contributed by atoms with E-state index in [1.165, 1.54) is 11.1 Å². The Morgan fingerprint density at radius 1 is 1.31 bits per heavy atom. The van der Waals surface area contributed by atoms with Crippen LogP contribution in [0.5, 0.6) is 0 Å². The largest absolute Gasteiger partial charge is 0.396 e. The second-order valence-electron chi connectivity index (χ2n) is 3.30. The summed E-state index contributed by atoms with van der Waals surface area (Å²) in [5, 5.41) is 8.66. The first kappa shape index (κ1) is 10.0. The zero-order valence-electron chi connectivity index (χ0n) is 8.09. The van der Waals surface area contributed by atoms with Gasteiger partial charge in [0.1, 0.15) is 0 Å². The van der Waals surface area contributed by atoms with Gasteiger partial charge in [0.2, 0.25) is 0 Å². The molecule has 1 heteroatoms. The Morgan fingerprint density at radius 3 is 2.38 bits per heavy atom. The van der Waals surface area contributed by atoms with E-state index in [1.54, 1.807) is 0 Å². The Kier molecular flexibility index (Phi) is 3.71. The molecule has 1 N–H and O–H groups in total. The standard InChI is InChI=1S/C12H16O/c1-10(2)12-7-5-11(6-8-12)4-3-9-13/h5-8,13H,1,3-4,9H2,2H3. The van der Waals surface area contributed by atoms with Crippen LogP contribution in [0.15, 0.2) is 30.8 Å². The van der Waals surface area contributed by atoms with Crippen molar-refractivity contribution in [1.82, 2.24) is 0 Å². The summed E-state index contributed by atoms with van der Waals surface area (Å²) in [4.78, 5) is 0. The molecule has 0 aromatic heterocycles. The summed E-state index contributed by atoms with van der Waals surface area (Å²) in [6.07, 6.45) is 1.79. The lowest BCUT2D eigenvalue weighted by molar-refractivity contribution is 0.288. The van der Waals surface area contributed by atoms with Crippen LogP contribution in [0.3, 0.4) is 0 Å². The minimum absolute atomic E-state index is 0.266. The van der Waals surface area contributed by atoms with Crippen molar-refractivity contribution in [2.24, 2.45) is 0 Å². The molecular weight excluding hydrogens is 160 g/mol. The summed E-state index contributed by atoms with van der Waals surface area (Å²) in [5.41, 5.74) is 3.56. The van der Waals surface area contributed by atoms with Gasteiger partial charge in [-0.3, -0.25) is 0 Å². The van der Waals surface area contributed by atoms with Crippen LogP contribution in [0.1, 0.15) is 24.5 Å². The molecule has 0 radical (unpaired) electrons. The van der Waals surface area contributed by atoms with Gasteiger partial charge < -0.3 is 5.11 Å². The second kappa shape index (κ2) is 4.83. The first-order valence-corrected chi connectivity index (χ1v) is 4.59. The van der Waals surface area contributed by atoms with Crippen molar-refractivity contribution in [2.75, 3.05) is 6.61 Å². The molecule has 0 bridgehead atoms. The molecule has 0 unspecified atom stereocenters. The molecule has 70 valence electrons. The first-order valence-electron chi connectivity index (χ1n) is 4.59. The highest BCUT2D eigenvalue weighted by Crippen LogP contribution is 2.13. The average molecular weight is 176 g/mol. The summed E-state index contributed by atoms with van der Waals surface area (Å²) >= 11 is 0. The van der Waals surface area contributed by atoms with E-state index in [0.29, 0.717) is 0 Å². The van der Waals surface area contributed by atoms with Crippen LogP contribution in [0.25, 0.3) is 5.57 Å². The molecule has 1 rings (SSSR count). The molecule has 1 aromatic rings. The molecule has 0 heterocycles. The monoisotopic (exact) mass is 176 g/mol. The number of benzene rings is 1. The third kappa shape index (κ3) is 3.03. The third-order valence-electron chi connectivity index (χ3n) is 2.07. The SMILES string of the molecule is C=C(C)c1ccc(CCCO)cc1. The molecule has 0 saturated heterocycles. The minimum atomic E-state index is 0.266. The van der Waals surface area contributed by atoms with Gasteiger partial charge in [0.15, 0.2) is 0 Å². The van der Waals surface area contributed by atoms with Crippen molar-refractivity contribution in [3.05, 3.63) is 42.0 Å². The molecule has 0 spiro atoms. The Hall–Kier alpha value is -1.08. The van der Waals surface area contributed by atoms with Gasteiger partial charge in [-0.1, -0.05) is 36.4 Å². The lowest BCUT2D eigenvalue weighted by Crippen LogP contribution is -1.89. The van der Waals surface area contributed by atoms with E-state index in [2.05, 4.69) is 30.8 Å². The highest BCUT2D eigenvalue weighted by atomic mass is 16.2. The number of aliphatic hydroxyl groups is 1. The van der Waals surface area contributed by atoms with E-state index in [-0.39, 0.29) is 6.61 Å². The fourth-order valence-corrected chi connectivity index (χ4v) is 1.24. The van der Waals surface area contributed by atoms with Gasteiger partial charge in [-0.15, -0.1) is 0 Å². The molecule has 0 amide bonds. The molecule has 0 aliphatic carbocycles. The van der Waals surface area contributed by atoms with Crippen LogP contribution < -0.4 is 0 Å². The highest BCUT2D eigenvalue weighted by molar-refractivity contribution is 5.61. The summed E-state index contributed by atoms with van der Waals surface area (Å²) < 4.78 is 0. The van der Waals surface area contributed by atoms with Crippen LogP contribution in [-0.2, 0) is 6.42 Å². The van der Waals surface area contributed by atoms with E-state index in [9.17, 15) is 0 Å². The number of aryl methyl sites for hydroxylation is 1. The minimum Gasteiger partial charge on any atom is -0.396 e. The van der Waals surface area contributed by atoms with Gasteiger partial charge >= 0.3 is 0 Å². The van der Waals surface area contributed by atoms with Crippen molar-refractivity contribution in [1.29, 1.82) is 0 Å². The summed E-state index contributed by atoms with van der Waals surface area (Å²) in [6.45, 7) is 6.15. The Bertz CT molecular complexity index is 272. The van der Waals surface area contributed by atoms with E-state index < -0.39 is 0 Å². The van der Waals surface area contributed by atoms with Crippen LogP contribution in [0.2, 0.25) is 0 Å². The summed E-state index contributed by atoms with van der Waals surface area (Å²) in [7, 11) is 0. The van der Waals surface area contributed by atoms with Crippen LogP contribution >= 0.6 is 0 Å². The maximum atomic E-state index is 8.66. The van der Waals surface area contributed by atoms with E-state index in [4.69, 9.17) is 5.11 Å². The van der Waals surface area contributed by atoms with Gasteiger partial charge in [0.25, 0.3) is 0 Å². The lowest BCUT2D eigenvalue weighted by atomic mass is 10.0. The van der Waals surface area contributed by atoms with Gasteiger partial charge in [-0.25, -0.2) is 0 Å². The topological polar surface area (TPSA) is 20.2 Å². The van der Waals surface area contributed by atoms with Crippen molar-refractivity contribution < 1.29 is 5.11 Å². The third-order valence-corrected chi connectivity index (χ3v) is 2.07. The number of hydrogen-bond acceptors (Lipinski definition) is 1. The number of hydrogen-bond donors (Lipinski definition) is 1. The maximum absolute atomic E-state index is 8.66. The van der Waals surface area contributed by atoms with Gasteiger partial charge in [0.05, 0.1) is 0 Å². The van der Waals surface area contributed by atoms with Crippen LogP contribution in [0.4, 0.5) is 0 Å². The van der Waals surface area contributed by atoms with Crippen LogP contribution in [0, 0.1) is 0 Å². The average Bonchev–Trinajstić information content (AvgIpc) is 2.15. The first-order chi connectivity index (χ1) is 6.24. The Labute approximate surface area is 79.7 Å². The predicted octanol–water partition coefficient (Wildman–Crippen LogP) is 2.64. The highest BCUT2D eigenvalue weighted by Gasteiger charge is 1.94. The molecule has 0 atom stereocenters. The van der Waals surface area contributed by atoms with Gasteiger partial charge in [-0.05, 0) is 30.9 Å². The van der Waals surface area contributed by atoms with Crippen LogP contribution in [-0.4, -0.2) is 11.7 Å². The lowest BCUT2D eigenvalue weighted by Gasteiger charge is -2.02. The fraction of sp³-hybridized carbons (Fsp3) is 0.333. The fourth-order valence-electron chi connectivity index (χ4n) is 1.24. The molecule has 0 fully saturated rings. The van der Waals surface area contributed by atoms with Crippen molar-refractivity contribution >= 4 is 5.57 Å². The molecule has 0 aliphatic rings. The molecule has 1 nitrogen and oxygen atoms in total. The zero-order chi connectivity index (χ0) is 9.68. The second-order valence-corrected chi connectivity index (χ2v) is 3.30. The predicted molar refractivity (Wildman–Crippen MR) is 56.6 cm³/mol. The summed E-state index contributed by atoms with van der Waals surface area (Å²) in [5.74, 6) is 0. The number of aliphatic hydroxyl groups excluding tert-OH is 1. The van der Waals surface area contributed by atoms with E-state index in [1.807, 2.05) is 6.92 Å². The Morgan fingerprint density at radius 2 is 1.92 bits per heavy atom. The van der Waals surface area contributed by atoms with E-state index in [0.717, 1.165) is 18.4 Å². The smallest absolute Gasteiger partial charge is 0.0434 e. The molecule has 0 saturated carbocycles. The molecule has 13 heavy (non-hydrogen) atoms. The number of allylic oxidation sites excluding steroid dienone is 1. The van der Waals surface area contributed by atoms with Crippen molar-refractivity contribution in [3.8, 4) is 0 Å². The maximum Gasteiger partial charge on any atom is 0.0434 e. The zero-order valence-corrected chi connectivity index (χ0v) is 8.09. The Balaban J connectivity index is 2.64. The molecule has 1 aromatic carbocycles. The quantitative estimate of drug-likeness (QED) is 0.747. The van der Waals surface area contributed by atoms with E-state index >= 15 is 0 Å². The van der Waals surface area contributed by atoms with Crippen molar-refractivity contribution in [2.45, 2.75) is 19.8 Å². The molecule has 0 aliphatic heterocycles. The number of rotatable bonds is 4. The van der Waals surface area contributed by atoms with Gasteiger partial charge in [-0.2, -0.15) is 0 Å².